The van der Waals surface area contributed by atoms with Crippen LogP contribution in [0.3, 0.4) is 0 Å². The summed E-state index contributed by atoms with van der Waals surface area (Å²) in [4.78, 5) is 4.03. The molecular formula is C21H22F3N5O. The average molecular weight is 417 g/mol. The Morgan fingerprint density at radius 2 is 1.77 bits per heavy atom. The number of nitrogens with two attached hydrogens (primary N) is 2. The molecule has 2 aromatic carbocycles. The van der Waals surface area contributed by atoms with Gasteiger partial charge in [-0.3, -0.25) is 5.01 Å². The molecule has 0 aliphatic heterocycles. The van der Waals surface area contributed by atoms with E-state index in [1.165, 1.54) is 12.1 Å². The van der Waals surface area contributed by atoms with Crippen LogP contribution in [-0.2, 0) is 11.5 Å². The van der Waals surface area contributed by atoms with Gasteiger partial charge in [-0.2, -0.15) is 13.9 Å². The van der Waals surface area contributed by atoms with E-state index in [-0.39, 0.29) is 0 Å². The van der Waals surface area contributed by atoms with E-state index in [0.717, 1.165) is 30.1 Å². The van der Waals surface area contributed by atoms with E-state index in [0.29, 0.717) is 21.5 Å². The fourth-order valence-electron chi connectivity index (χ4n) is 3.33. The Morgan fingerprint density at radius 1 is 1.10 bits per heavy atom. The van der Waals surface area contributed by atoms with Crippen LogP contribution in [0.2, 0.25) is 0 Å². The third kappa shape index (κ3) is 3.81. The van der Waals surface area contributed by atoms with Crippen LogP contribution >= 0.6 is 0 Å². The zero-order valence-electron chi connectivity index (χ0n) is 16.5. The quantitative estimate of drug-likeness (QED) is 0.248. The first kappa shape index (κ1) is 21.5. The molecule has 1 atom stereocenters. The average Bonchev–Trinajstić information content (AvgIpc) is 2.67. The smallest absolute Gasteiger partial charge is 0.323 e. The molecule has 30 heavy (non-hydrogen) atoms. The number of aliphatic hydroxyl groups is 1. The van der Waals surface area contributed by atoms with E-state index >= 15 is 8.78 Å². The second-order valence-electron chi connectivity index (χ2n) is 7.25. The molecule has 1 heterocycles. The largest absolute Gasteiger partial charge is 0.377 e. The van der Waals surface area contributed by atoms with Gasteiger partial charge in [-0.1, -0.05) is 29.8 Å². The maximum atomic E-state index is 15.7. The summed E-state index contributed by atoms with van der Waals surface area (Å²) < 4.78 is 46.2. The lowest BCUT2D eigenvalue weighted by atomic mass is 9.84. The van der Waals surface area contributed by atoms with Gasteiger partial charge in [0.2, 0.25) is 0 Å². The fraction of sp³-hybridized carbons (Fsp3) is 0.238. The Morgan fingerprint density at radius 3 is 2.43 bits per heavy atom. The Kier molecular flexibility index (Phi) is 5.69. The van der Waals surface area contributed by atoms with Crippen molar-refractivity contribution in [1.29, 1.82) is 0 Å². The van der Waals surface area contributed by atoms with E-state index in [2.05, 4.69) is 10.1 Å². The lowest BCUT2D eigenvalue weighted by molar-refractivity contribution is -0.203. The Balaban J connectivity index is 2.19. The van der Waals surface area contributed by atoms with Crippen LogP contribution in [0, 0.1) is 19.7 Å². The van der Waals surface area contributed by atoms with E-state index < -0.39 is 35.1 Å². The summed E-state index contributed by atoms with van der Waals surface area (Å²) in [7, 11) is 0. The zero-order chi connectivity index (χ0) is 22.1. The number of hydrazone groups is 1. The van der Waals surface area contributed by atoms with E-state index in [4.69, 9.17) is 11.7 Å². The standard InChI is InChI=1S/C21H22F3N5O/c1-13-4-7-18-15(9-13)5-8-19(28-18)21(23,24)20(30,11-29(26)12-27-25)16-6-3-14(2)10-17(16)22/h3-10,12,30H,11,25-26H2,1-2H3/b27-12-. The lowest BCUT2D eigenvalue weighted by Gasteiger charge is -2.38. The molecule has 0 saturated carbocycles. The molecule has 3 rings (SSSR count). The van der Waals surface area contributed by atoms with Crippen LogP contribution in [0.4, 0.5) is 13.2 Å². The van der Waals surface area contributed by atoms with E-state index in [9.17, 15) is 9.50 Å². The minimum atomic E-state index is -4.01. The van der Waals surface area contributed by atoms with Crippen molar-refractivity contribution in [3.8, 4) is 0 Å². The van der Waals surface area contributed by atoms with Crippen LogP contribution in [0.15, 0.2) is 53.6 Å². The summed E-state index contributed by atoms with van der Waals surface area (Å²) in [6.07, 6.45) is 0.851. The van der Waals surface area contributed by atoms with Gasteiger partial charge in [-0.25, -0.2) is 15.2 Å². The molecule has 6 nitrogen and oxygen atoms in total. The first-order valence-corrected chi connectivity index (χ1v) is 9.08. The topological polar surface area (TPSA) is 101 Å². The number of aryl methyl sites for hydroxylation is 2. The van der Waals surface area contributed by atoms with Crippen LogP contribution < -0.4 is 11.7 Å². The second-order valence-corrected chi connectivity index (χ2v) is 7.25. The number of hydrogen-bond donors (Lipinski definition) is 3. The second kappa shape index (κ2) is 7.92. The number of hydrazine groups is 1. The number of fused-ring (bicyclic) bond motifs is 1. The molecule has 0 radical (unpaired) electrons. The summed E-state index contributed by atoms with van der Waals surface area (Å²) in [5, 5.41) is 15.7. The van der Waals surface area contributed by atoms with Gasteiger partial charge in [0, 0.05) is 10.9 Å². The van der Waals surface area contributed by atoms with Crippen molar-refractivity contribution in [3.63, 3.8) is 0 Å². The minimum absolute atomic E-state index is 0.317. The van der Waals surface area contributed by atoms with E-state index in [1.54, 1.807) is 25.1 Å². The van der Waals surface area contributed by atoms with Gasteiger partial charge in [0.25, 0.3) is 0 Å². The van der Waals surface area contributed by atoms with Crippen LogP contribution in [0.25, 0.3) is 10.9 Å². The number of pyridine rings is 1. The van der Waals surface area contributed by atoms with Gasteiger partial charge >= 0.3 is 5.92 Å². The Bertz CT molecular complexity index is 1110. The summed E-state index contributed by atoms with van der Waals surface area (Å²) in [5.74, 6) is 5.66. The van der Waals surface area contributed by atoms with Crippen LogP contribution in [0.1, 0.15) is 22.4 Å². The van der Waals surface area contributed by atoms with Crippen molar-refractivity contribution in [2.45, 2.75) is 25.4 Å². The van der Waals surface area contributed by atoms with Gasteiger partial charge in [0.05, 0.1) is 12.1 Å². The van der Waals surface area contributed by atoms with Crippen molar-refractivity contribution in [2.24, 2.45) is 16.8 Å². The number of nitrogens with zero attached hydrogens (tertiary/aromatic N) is 3. The highest BCUT2D eigenvalue weighted by Gasteiger charge is 2.58. The summed E-state index contributed by atoms with van der Waals surface area (Å²) in [6.45, 7) is 2.58. The maximum Gasteiger partial charge on any atom is 0.323 e. The van der Waals surface area contributed by atoms with Crippen molar-refractivity contribution >= 4 is 17.2 Å². The Labute approximate surface area is 171 Å². The number of benzene rings is 2. The number of alkyl halides is 2. The van der Waals surface area contributed by atoms with Gasteiger partial charge < -0.3 is 10.9 Å². The highest BCUT2D eigenvalue weighted by molar-refractivity contribution is 5.79. The number of aromatic nitrogens is 1. The third-order valence-corrected chi connectivity index (χ3v) is 4.88. The molecule has 0 saturated heterocycles. The van der Waals surface area contributed by atoms with Gasteiger partial charge in [0.15, 0.2) is 5.60 Å². The number of rotatable bonds is 6. The molecule has 158 valence electrons. The fourth-order valence-corrected chi connectivity index (χ4v) is 3.33. The highest BCUT2D eigenvalue weighted by atomic mass is 19.3. The molecule has 5 N–H and O–H groups in total. The number of halogens is 3. The number of hydrogen-bond acceptors (Lipinski definition) is 5. The predicted molar refractivity (Wildman–Crippen MR) is 109 cm³/mol. The normalized spacial score (nSPS) is 14.2. The van der Waals surface area contributed by atoms with E-state index in [1.807, 2.05) is 6.92 Å². The van der Waals surface area contributed by atoms with Crippen molar-refractivity contribution < 1.29 is 18.3 Å². The van der Waals surface area contributed by atoms with Gasteiger partial charge in [-0.05, 0) is 43.7 Å². The highest BCUT2D eigenvalue weighted by Crippen LogP contribution is 2.46. The molecule has 1 aromatic heterocycles. The molecule has 0 spiro atoms. The SMILES string of the molecule is Cc1ccc(C(O)(CN(N)/C=N\N)C(F)(F)c2ccc3cc(C)ccc3n2)c(F)c1. The Hall–Kier alpha value is -3.17. The first-order valence-electron chi connectivity index (χ1n) is 9.08. The third-order valence-electron chi connectivity index (χ3n) is 4.88. The molecule has 0 fully saturated rings. The van der Waals surface area contributed by atoms with Crippen molar-refractivity contribution in [2.75, 3.05) is 6.54 Å². The summed E-state index contributed by atoms with van der Waals surface area (Å²) in [5.41, 5.74) is -2.63. The van der Waals surface area contributed by atoms with Crippen LogP contribution in [0.5, 0.6) is 0 Å². The predicted octanol–water partition coefficient (Wildman–Crippen LogP) is 3.05. The molecular weight excluding hydrogens is 395 g/mol. The minimum Gasteiger partial charge on any atom is -0.377 e. The molecule has 1 unspecified atom stereocenters. The van der Waals surface area contributed by atoms with Gasteiger partial charge in [0.1, 0.15) is 17.8 Å². The molecule has 0 aliphatic rings. The molecule has 0 bridgehead atoms. The van der Waals surface area contributed by atoms with Crippen molar-refractivity contribution in [1.82, 2.24) is 9.99 Å². The van der Waals surface area contributed by atoms with Crippen LogP contribution in [-0.4, -0.2) is 28.0 Å². The first-order chi connectivity index (χ1) is 14.1. The summed E-state index contributed by atoms with van der Waals surface area (Å²) in [6, 6.07) is 11.3. The van der Waals surface area contributed by atoms with Crippen molar-refractivity contribution in [3.05, 3.63) is 76.7 Å². The molecule has 3 aromatic rings. The summed E-state index contributed by atoms with van der Waals surface area (Å²) >= 11 is 0. The van der Waals surface area contributed by atoms with Gasteiger partial charge in [-0.15, -0.1) is 0 Å². The lowest BCUT2D eigenvalue weighted by Crippen LogP contribution is -2.53. The maximum absolute atomic E-state index is 15.7. The molecule has 0 amide bonds. The molecule has 9 heteroatoms. The zero-order valence-corrected chi connectivity index (χ0v) is 16.5. The monoisotopic (exact) mass is 417 g/mol. The molecule has 0 aliphatic carbocycles.